The third kappa shape index (κ3) is 0.744. The van der Waals surface area contributed by atoms with E-state index in [9.17, 15) is 4.79 Å². The molecule has 1 spiro atoms. The highest BCUT2D eigenvalue weighted by Gasteiger charge is 2.50. The molecule has 1 heterocycles. The number of esters is 1. The van der Waals surface area contributed by atoms with Crippen LogP contribution in [-0.2, 0) is 9.53 Å². The molecule has 0 saturated carbocycles. The van der Waals surface area contributed by atoms with Crippen molar-refractivity contribution in [3.05, 3.63) is 47.3 Å². The maximum absolute atomic E-state index is 11.3. The van der Waals surface area contributed by atoms with E-state index in [-0.39, 0.29) is 11.4 Å². The first-order valence-electron chi connectivity index (χ1n) is 4.47. The zero-order valence-electron chi connectivity index (χ0n) is 7.70. The molecular formula is C11H9NO2. The lowest BCUT2D eigenvalue weighted by Gasteiger charge is -2.12. The smallest absolute Gasteiger partial charge is 0.354 e. The number of carbonyl (C=O) groups is 1. The lowest BCUT2D eigenvalue weighted by Crippen LogP contribution is -2.18. The Balaban J connectivity index is 1.97. The minimum absolute atomic E-state index is 0.0989. The highest BCUT2D eigenvalue weighted by Crippen LogP contribution is 2.56. The van der Waals surface area contributed by atoms with Crippen LogP contribution < -0.4 is 5.32 Å². The zero-order valence-corrected chi connectivity index (χ0v) is 7.70. The SMILES string of the molecule is COC(=O)C1=CC23C=C2C=CC=C3N1. The van der Waals surface area contributed by atoms with Crippen molar-refractivity contribution in [2.75, 3.05) is 7.11 Å². The number of rotatable bonds is 1. The van der Waals surface area contributed by atoms with Crippen LogP contribution in [0.15, 0.2) is 47.3 Å². The summed E-state index contributed by atoms with van der Waals surface area (Å²) in [6.07, 6.45) is 10.1. The quantitative estimate of drug-likeness (QED) is 0.623. The second-order valence-corrected chi connectivity index (χ2v) is 3.58. The number of hydrogen-bond donors (Lipinski definition) is 1. The van der Waals surface area contributed by atoms with Crippen molar-refractivity contribution in [3.63, 3.8) is 0 Å². The third-order valence-corrected chi connectivity index (χ3v) is 2.81. The molecule has 3 rings (SSSR count). The third-order valence-electron chi connectivity index (χ3n) is 2.81. The van der Waals surface area contributed by atoms with Gasteiger partial charge in [0.25, 0.3) is 0 Å². The molecule has 14 heavy (non-hydrogen) atoms. The molecule has 3 aliphatic rings. The van der Waals surface area contributed by atoms with Crippen LogP contribution >= 0.6 is 0 Å². The largest absolute Gasteiger partial charge is 0.464 e. The first kappa shape index (κ1) is 7.62. The number of nitrogens with one attached hydrogen (secondary N) is 1. The minimum atomic E-state index is -0.311. The van der Waals surface area contributed by atoms with Gasteiger partial charge in [-0.15, -0.1) is 0 Å². The Bertz CT molecular complexity index is 454. The number of allylic oxidation sites excluding steroid dienone is 4. The van der Waals surface area contributed by atoms with Gasteiger partial charge in [0.1, 0.15) is 5.70 Å². The van der Waals surface area contributed by atoms with E-state index in [0.29, 0.717) is 5.70 Å². The van der Waals surface area contributed by atoms with Gasteiger partial charge in [0.05, 0.1) is 12.5 Å². The molecule has 0 aromatic heterocycles. The van der Waals surface area contributed by atoms with Gasteiger partial charge in [-0.3, -0.25) is 0 Å². The molecule has 70 valence electrons. The van der Waals surface area contributed by atoms with Crippen molar-refractivity contribution in [3.8, 4) is 0 Å². The molecule has 2 aliphatic carbocycles. The normalized spacial score (nSPS) is 30.5. The molecule has 0 aromatic carbocycles. The van der Waals surface area contributed by atoms with E-state index < -0.39 is 0 Å². The molecule has 0 aromatic rings. The number of hydrogen-bond acceptors (Lipinski definition) is 3. The second kappa shape index (κ2) is 2.18. The fourth-order valence-electron chi connectivity index (χ4n) is 1.99. The van der Waals surface area contributed by atoms with E-state index in [0.717, 1.165) is 5.70 Å². The van der Waals surface area contributed by atoms with Crippen molar-refractivity contribution >= 4 is 5.97 Å². The van der Waals surface area contributed by atoms with Crippen LogP contribution in [0.2, 0.25) is 0 Å². The fraction of sp³-hybridized carbons (Fsp3) is 0.182. The Morgan fingerprint density at radius 3 is 3.07 bits per heavy atom. The van der Waals surface area contributed by atoms with Gasteiger partial charge in [-0.05, 0) is 17.7 Å². The summed E-state index contributed by atoms with van der Waals surface area (Å²) in [5.41, 5.74) is 2.74. The van der Waals surface area contributed by atoms with E-state index in [4.69, 9.17) is 0 Å². The van der Waals surface area contributed by atoms with Gasteiger partial charge < -0.3 is 10.1 Å². The summed E-state index contributed by atoms with van der Waals surface area (Å²) in [6, 6.07) is 0. The van der Waals surface area contributed by atoms with Gasteiger partial charge in [-0.1, -0.05) is 18.2 Å². The maximum atomic E-state index is 11.3. The number of ether oxygens (including phenoxy) is 1. The van der Waals surface area contributed by atoms with Crippen molar-refractivity contribution in [2.24, 2.45) is 5.41 Å². The molecule has 0 amide bonds. The van der Waals surface area contributed by atoms with Crippen LogP contribution in [0.25, 0.3) is 0 Å². The van der Waals surface area contributed by atoms with Crippen molar-refractivity contribution in [2.45, 2.75) is 0 Å². The molecule has 1 atom stereocenters. The predicted molar refractivity (Wildman–Crippen MR) is 51.0 cm³/mol. The van der Waals surface area contributed by atoms with E-state index >= 15 is 0 Å². The molecule has 3 heteroatoms. The number of methoxy groups -OCH3 is 1. The minimum Gasteiger partial charge on any atom is -0.464 e. The highest BCUT2D eigenvalue weighted by molar-refractivity contribution is 5.91. The molecule has 3 nitrogen and oxygen atoms in total. The monoisotopic (exact) mass is 187 g/mol. The molecule has 0 saturated heterocycles. The summed E-state index contributed by atoms with van der Waals surface area (Å²) in [6.45, 7) is 0. The summed E-state index contributed by atoms with van der Waals surface area (Å²) >= 11 is 0. The maximum Gasteiger partial charge on any atom is 0.354 e. The molecule has 1 N–H and O–H groups in total. The first-order chi connectivity index (χ1) is 6.76. The van der Waals surface area contributed by atoms with Gasteiger partial charge in [0.15, 0.2) is 0 Å². The predicted octanol–water partition coefficient (Wildman–Crippen LogP) is 1.03. The molecular weight excluding hydrogens is 178 g/mol. The lowest BCUT2D eigenvalue weighted by molar-refractivity contribution is -0.136. The summed E-state index contributed by atoms with van der Waals surface area (Å²) in [4.78, 5) is 11.3. The summed E-state index contributed by atoms with van der Waals surface area (Å²) in [7, 11) is 1.39. The van der Waals surface area contributed by atoms with Crippen LogP contribution in [-0.4, -0.2) is 13.1 Å². The van der Waals surface area contributed by atoms with Crippen molar-refractivity contribution in [1.82, 2.24) is 5.32 Å². The van der Waals surface area contributed by atoms with Crippen LogP contribution in [0.3, 0.4) is 0 Å². The fourth-order valence-corrected chi connectivity index (χ4v) is 1.99. The topological polar surface area (TPSA) is 38.3 Å². The van der Waals surface area contributed by atoms with E-state index in [1.165, 1.54) is 12.7 Å². The summed E-state index contributed by atoms with van der Waals surface area (Å²) < 4.78 is 4.66. The number of carbonyl (C=O) groups excluding carboxylic acids is 1. The molecule has 0 radical (unpaired) electrons. The van der Waals surface area contributed by atoms with Crippen LogP contribution in [0.1, 0.15) is 0 Å². The molecule has 0 fully saturated rings. The molecule has 1 unspecified atom stereocenters. The van der Waals surface area contributed by atoms with Crippen LogP contribution in [0, 0.1) is 5.41 Å². The Morgan fingerprint density at radius 1 is 1.50 bits per heavy atom. The van der Waals surface area contributed by atoms with Gasteiger partial charge in [-0.2, -0.15) is 0 Å². The van der Waals surface area contributed by atoms with Crippen LogP contribution in [0.4, 0.5) is 0 Å². The zero-order chi connectivity index (χ0) is 9.76. The summed E-state index contributed by atoms with van der Waals surface area (Å²) in [5.74, 6) is -0.311. The van der Waals surface area contributed by atoms with E-state index in [1.807, 2.05) is 18.2 Å². The second-order valence-electron chi connectivity index (χ2n) is 3.58. The van der Waals surface area contributed by atoms with Crippen LogP contribution in [0.5, 0.6) is 0 Å². The molecule has 0 bridgehead atoms. The van der Waals surface area contributed by atoms with Gasteiger partial charge in [0.2, 0.25) is 0 Å². The van der Waals surface area contributed by atoms with Gasteiger partial charge in [-0.25, -0.2) is 4.79 Å². The average molecular weight is 187 g/mol. The van der Waals surface area contributed by atoms with Gasteiger partial charge >= 0.3 is 5.97 Å². The Morgan fingerprint density at radius 2 is 2.36 bits per heavy atom. The Labute approximate surface area is 81.4 Å². The molecule has 1 aliphatic heterocycles. The van der Waals surface area contributed by atoms with E-state index in [1.54, 1.807) is 0 Å². The van der Waals surface area contributed by atoms with Crippen molar-refractivity contribution in [1.29, 1.82) is 0 Å². The average Bonchev–Trinajstić information content (AvgIpc) is 2.79. The Kier molecular flexibility index (Phi) is 1.18. The lowest BCUT2D eigenvalue weighted by atomic mass is 9.94. The van der Waals surface area contributed by atoms with E-state index in [2.05, 4.69) is 22.2 Å². The summed E-state index contributed by atoms with van der Waals surface area (Å²) in [5, 5.41) is 3.07. The standard InChI is InChI=1S/C11H9NO2/c1-14-10(13)8-6-11-5-7(11)3-2-4-9(11)12-8/h2-6,12H,1H3. The first-order valence-corrected chi connectivity index (χ1v) is 4.47. The highest BCUT2D eigenvalue weighted by atomic mass is 16.5. The Hall–Kier alpha value is -1.77. The van der Waals surface area contributed by atoms with Crippen molar-refractivity contribution < 1.29 is 9.53 Å². The van der Waals surface area contributed by atoms with Gasteiger partial charge in [0, 0.05) is 5.70 Å².